The lowest BCUT2D eigenvalue weighted by molar-refractivity contribution is -0.131. The lowest BCUT2D eigenvalue weighted by Gasteiger charge is -2.28. The molecule has 3 heteroatoms. The van der Waals surface area contributed by atoms with Crippen molar-refractivity contribution in [1.29, 1.82) is 5.26 Å². The summed E-state index contributed by atoms with van der Waals surface area (Å²) >= 11 is 0. The van der Waals surface area contributed by atoms with Gasteiger partial charge in [0.15, 0.2) is 0 Å². The van der Waals surface area contributed by atoms with Crippen LogP contribution in [0.15, 0.2) is 48.6 Å². The fourth-order valence-corrected chi connectivity index (χ4v) is 3.05. The van der Waals surface area contributed by atoms with Crippen LogP contribution >= 0.6 is 0 Å². The molecule has 0 aliphatic heterocycles. The van der Waals surface area contributed by atoms with Crippen LogP contribution in [-0.4, -0.2) is 11.1 Å². The molecule has 0 amide bonds. The summed E-state index contributed by atoms with van der Waals surface area (Å²) in [6, 6.07) is 10.1. The van der Waals surface area contributed by atoms with Crippen LogP contribution in [0.3, 0.4) is 0 Å². The molecule has 0 saturated heterocycles. The van der Waals surface area contributed by atoms with E-state index in [2.05, 4.69) is 24.3 Å². The summed E-state index contributed by atoms with van der Waals surface area (Å²) in [4.78, 5) is 10.3. The molecule has 0 radical (unpaired) electrons. The van der Waals surface area contributed by atoms with E-state index in [1.165, 1.54) is 31.2 Å². The molecular weight excluding hydrogens is 274 g/mol. The van der Waals surface area contributed by atoms with E-state index in [4.69, 9.17) is 10.4 Å². The van der Waals surface area contributed by atoms with Crippen LogP contribution in [0.2, 0.25) is 0 Å². The van der Waals surface area contributed by atoms with Gasteiger partial charge in [-0.05, 0) is 61.6 Å². The molecule has 3 nitrogen and oxygen atoms in total. The highest BCUT2D eigenvalue weighted by Gasteiger charge is 2.21. The van der Waals surface area contributed by atoms with Crippen LogP contribution in [0.4, 0.5) is 0 Å². The average molecular weight is 295 g/mol. The third-order valence-corrected chi connectivity index (χ3v) is 4.31. The van der Waals surface area contributed by atoms with Gasteiger partial charge in [-0.3, -0.25) is 0 Å². The highest BCUT2D eigenvalue weighted by Crippen LogP contribution is 2.37. The Hall–Kier alpha value is -2.34. The molecule has 1 aromatic carbocycles. The van der Waals surface area contributed by atoms with Gasteiger partial charge < -0.3 is 5.11 Å². The first-order valence-electron chi connectivity index (χ1n) is 7.75. The number of nitriles is 1. The third kappa shape index (κ3) is 4.89. The first-order valence-corrected chi connectivity index (χ1v) is 7.75. The summed E-state index contributed by atoms with van der Waals surface area (Å²) in [7, 11) is 0. The van der Waals surface area contributed by atoms with E-state index in [1.54, 1.807) is 6.08 Å². The summed E-state index contributed by atoms with van der Waals surface area (Å²) in [5.74, 6) is 0.400. The Balaban J connectivity index is 1.78. The smallest absolute Gasteiger partial charge is 0.328 e. The van der Waals surface area contributed by atoms with Crippen molar-refractivity contribution in [3.05, 3.63) is 59.7 Å². The minimum atomic E-state index is -0.910. The first kappa shape index (κ1) is 16.0. The maximum absolute atomic E-state index is 10.3. The van der Waals surface area contributed by atoms with Gasteiger partial charge in [0.2, 0.25) is 0 Å². The fourth-order valence-electron chi connectivity index (χ4n) is 3.05. The van der Waals surface area contributed by atoms with Crippen molar-refractivity contribution in [1.82, 2.24) is 0 Å². The van der Waals surface area contributed by atoms with Gasteiger partial charge in [0.1, 0.15) is 0 Å². The van der Waals surface area contributed by atoms with Crippen LogP contribution in [0, 0.1) is 17.2 Å². The van der Waals surface area contributed by atoms with Crippen molar-refractivity contribution in [2.24, 2.45) is 5.92 Å². The van der Waals surface area contributed by atoms with E-state index in [0.717, 1.165) is 18.1 Å². The van der Waals surface area contributed by atoms with Crippen molar-refractivity contribution in [2.45, 2.75) is 38.0 Å². The van der Waals surface area contributed by atoms with Crippen LogP contribution in [0.1, 0.15) is 49.1 Å². The molecular formula is C19H21NO2. The van der Waals surface area contributed by atoms with Crippen molar-refractivity contribution in [3.8, 4) is 6.07 Å². The zero-order valence-corrected chi connectivity index (χ0v) is 12.6. The molecule has 2 rings (SSSR count). The highest BCUT2D eigenvalue weighted by atomic mass is 16.4. The number of carbonyl (C=O) groups is 1. The number of carboxylic acids is 1. The number of carboxylic acid groups (broad SMARTS) is 1. The molecule has 0 heterocycles. The monoisotopic (exact) mass is 295 g/mol. The second-order valence-corrected chi connectivity index (χ2v) is 5.81. The van der Waals surface area contributed by atoms with Crippen molar-refractivity contribution in [3.63, 3.8) is 0 Å². The van der Waals surface area contributed by atoms with Crippen LogP contribution in [0.5, 0.6) is 0 Å². The van der Waals surface area contributed by atoms with Crippen LogP contribution in [-0.2, 0) is 4.79 Å². The SMILES string of the molecule is N#Cc1ccc(C2CCC(C/C=C/C=C/C(=O)O)CC2)cc1. The minimum absolute atomic E-state index is 0.611. The summed E-state index contributed by atoms with van der Waals surface area (Å²) in [6.07, 6.45) is 12.4. The van der Waals surface area contributed by atoms with E-state index in [0.29, 0.717) is 11.8 Å². The molecule has 1 saturated carbocycles. The maximum atomic E-state index is 10.3. The fraction of sp³-hybridized carbons (Fsp3) is 0.368. The molecule has 0 spiro atoms. The topological polar surface area (TPSA) is 61.1 Å². The predicted molar refractivity (Wildman–Crippen MR) is 86.4 cm³/mol. The predicted octanol–water partition coefficient (Wildman–Crippen LogP) is 4.42. The van der Waals surface area contributed by atoms with Gasteiger partial charge in [-0.2, -0.15) is 5.26 Å². The molecule has 114 valence electrons. The Morgan fingerprint density at radius 1 is 1.18 bits per heavy atom. The van der Waals surface area contributed by atoms with Gasteiger partial charge in [-0.15, -0.1) is 0 Å². The van der Waals surface area contributed by atoms with Crippen molar-refractivity contribution >= 4 is 5.97 Å². The van der Waals surface area contributed by atoms with Crippen LogP contribution in [0.25, 0.3) is 0 Å². The molecule has 0 bridgehead atoms. The van der Waals surface area contributed by atoms with Crippen LogP contribution < -0.4 is 0 Å². The van der Waals surface area contributed by atoms with Crippen molar-refractivity contribution < 1.29 is 9.90 Å². The molecule has 1 N–H and O–H groups in total. The second kappa shape index (κ2) is 8.19. The lowest BCUT2D eigenvalue weighted by atomic mass is 9.77. The van der Waals surface area contributed by atoms with E-state index in [1.807, 2.05) is 18.2 Å². The number of rotatable bonds is 5. The minimum Gasteiger partial charge on any atom is -0.478 e. The molecule has 1 aliphatic rings. The average Bonchev–Trinajstić information content (AvgIpc) is 2.55. The van der Waals surface area contributed by atoms with Gasteiger partial charge in [0, 0.05) is 6.08 Å². The quantitative estimate of drug-likeness (QED) is 0.646. The molecule has 0 unspecified atom stereocenters. The highest BCUT2D eigenvalue weighted by molar-refractivity contribution is 5.80. The summed E-state index contributed by atoms with van der Waals surface area (Å²) < 4.78 is 0. The first-order chi connectivity index (χ1) is 10.7. The van der Waals surface area contributed by atoms with Gasteiger partial charge >= 0.3 is 5.97 Å². The maximum Gasteiger partial charge on any atom is 0.328 e. The van der Waals surface area contributed by atoms with E-state index < -0.39 is 5.97 Å². The van der Waals surface area contributed by atoms with Gasteiger partial charge in [0.05, 0.1) is 11.6 Å². The largest absolute Gasteiger partial charge is 0.478 e. The van der Waals surface area contributed by atoms with E-state index in [-0.39, 0.29) is 0 Å². The number of benzene rings is 1. The Labute approximate surface area is 131 Å². The molecule has 22 heavy (non-hydrogen) atoms. The zero-order chi connectivity index (χ0) is 15.8. The summed E-state index contributed by atoms with van der Waals surface area (Å²) in [5, 5.41) is 17.3. The number of hydrogen-bond donors (Lipinski definition) is 1. The van der Waals surface area contributed by atoms with E-state index in [9.17, 15) is 4.79 Å². The number of allylic oxidation sites excluding steroid dienone is 3. The zero-order valence-electron chi connectivity index (χ0n) is 12.6. The van der Waals surface area contributed by atoms with Crippen molar-refractivity contribution in [2.75, 3.05) is 0 Å². The molecule has 1 aliphatic carbocycles. The Morgan fingerprint density at radius 2 is 1.86 bits per heavy atom. The molecule has 0 aromatic heterocycles. The lowest BCUT2D eigenvalue weighted by Crippen LogP contribution is -2.12. The summed E-state index contributed by atoms with van der Waals surface area (Å²) in [6.45, 7) is 0. The normalized spacial score (nSPS) is 22.0. The molecule has 0 atom stereocenters. The molecule has 1 aromatic rings. The third-order valence-electron chi connectivity index (χ3n) is 4.31. The van der Waals surface area contributed by atoms with E-state index >= 15 is 0 Å². The Morgan fingerprint density at radius 3 is 2.45 bits per heavy atom. The standard InChI is InChI=1S/C19H21NO2/c20-14-16-8-12-18(13-9-16)17-10-6-15(7-11-17)4-2-1-3-5-19(21)22/h1-3,5,8-9,12-13,15,17H,4,6-7,10-11H2,(H,21,22)/b2-1+,5-3+. The van der Waals surface area contributed by atoms with Gasteiger partial charge in [-0.1, -0.05) is 30.4 Å². The van der Waals surface area contributed by atoms with Gasteiger partial charge in [0.25, 0.3) is 0 Å². The molecule has 1 fully saturated rings. The second-order valence-electron chi connectivity index (χ2n) is 5.81. The number of nitrogens with zero attached hydrogens (tertiary/aromatic N) is 1. The number of aliphatic carboxylic acids is 1. The number of hydrogen-bond acceptors (Lipinski definition) is 2. The Kier molecular flexibility index (Phi) is 5.97. The van der Waals surface area contributed by atoms with Gasteiger partial charge in [-0.25, -0.2) is 4.79 Å². The Bertz CT molecular complexity index is 585. The summed E-state index contributed by atoms with van der Waals surface area (Å²) in [5.41, 5.74) is 2.06.